The minimum atomic E-state index is 0.278. The molecule has 0 bridgehead atoms. The maximum Gasteiger partial charge on any atom is 0.220 e. The Morgan fingerprint density at radius 3 is 2.50 bits per heavy atom. The fraction of sp³-hybridized carbons (Fsp3) is 0.923. The number of nitrogens with one attached hydrogen (secondary N) is 2. The Bertz CT molecular complexity index is 216. The summed E-state index contributed by atoms with van der Waals surface area (Å²) in [5, 5.41) is 6.42. The van der Waals surface area contributed by atoms with Gasteiger partial charge in [0, 0.05) is 19.0 Å². The van der Waals surface area contributed by atoms with E-state index in [1.165, 1.54) is 38.5 Å². The third-order valence-electron chi connectivity index (χ3n) is 3.87. The normalized spacial score (nSPS) is 27.6. The van der Waals surface area contributed by atoms with Gasteiger partial charge < -0.3 is 10.6 Å². The van der Waals surface area contributed by atoms with Crippen LogP contribution >= 0.6 is 0 Å². The number of carbonyl (C=O) groups excluding carboxylic acids is 1. The van der Waals surface area contributed by atoms with E-state index < -0.39 is 0 Å². The third kappa shape index (κ3) is 3.78. The molecule has 0 aromatic carbocycles. The van der Waals surface area contributed by atoms with Crippen LogP contribution in [0.25, 0.3) is 0 Å². The first-order chi connectivity index (χ1) is 7.84. The first-order valence-electron chi connectivity index (χ1n) is 6.84. The molecular formula is C13H24N2O. The van der Waals surface area contributed by atoms with E-state index in [1.807, 2.05) is 0 Å². The summed E-state index contributed by atoms with van der Waals surface area (Å²) in [6.07, 6.45) is 9.75. The van der Waals surface area contributed by atoms with Crippen molar-refractivity contribution >= 4 is 5.91 Å². The molecule has 2 rings (SSSR count). The Morgan fingerprint density at radius 2 is 1.88 bits per heavy atom. The number of amides is 1. The second kappa shape index (κ2) is 6.24. The van der Waals surface area contributed by atoms with Crippen molar-refractivity contribution in [3.63, 3.8) is 0 Å². The molecule has 0 spiro atoms. The van der Waals surface area contributed by atoms with Crippen molar-refractivity contribution < 1.29 is 4.79 Å². The van der Waals surface area contributed by atoms with Gasteiger partial charge in [0.2, 0.25) is 5.91 Å². The van der Waals surface area contributed by atoms with Crippen molar-refractivity contribution in [3.05, 3.63) is 0 Å². The molecule has 3 heteroatoms. The summed E-state index contributed by atoms with van der Waals surface area (Å²) in [4.78, 5) is 11.8. The van der Waals surface area contributed by atoms with Crippen LogP contribution in [0.2, 0.25) is 0 Å². The van der Waals surface area contributed by atoms with E-state index in [-0.39, 0.29) is 5.91 Å². The number of rotatable bonds is 3. The molecule has 1 saturated heterocycles. The zero-order chi connectivity index (χ0) is 11.2. The molecule has 92 valence electrons. The quantitative estimate of drug-likeness (QED) is 0.718. The molecule has 16 heavy (non-hydrogen) atoms. The highest BCUT2D eigenvalue weighted by Crippen LogP contribution is 2.25. The lowest BCUT2D eigenvalue weighted by Crippen LogP contribution is -2.37. The van der Waals surface area contributed by atoms with Gasteiger partial charge in [0.05, 0.1) is 0 Å². The van der Waals surface area contributed by atoms with Crippen LogP contribution in [0.3, 0.4) is 0 Å². The van der Waals surface area contributed by atoms with E-state index in [0.29, 0.717) is 12.0 Å². The van der Waals surface area contributed by atoms with Crippen LogP contribution in [-0.4, -0.2) is 25.0 Å². The second-order valence-electron chi connectivity index (χ2n) is 5.32. The van der Waals surface area contributed by atoms with E-state index in [2.05, 4.69) is 10.6 Å². The van der Waals surface area contributed by atoms with Gasteiger partial charge in [-0.05, 0) is 31.7 Å². The van der Waals surface area contributed by atoms with E-state index in [1.54, 1.807) is 0 Å². The topological polar surface area (TPSA) is 41.1 Å². The predicted molar refractivity (Wildman–Crippen MR) is 65.2 cm³/mol. The molecule has 1 atom stereocenters. The molecular weight excluding hydrogens is 200 g/mol. The lowest BCUT2D eigenvalue weighted by Gasteiger charge is -2.16. The predicted octanol–water partition coefficient (Wildman–Crippen LogP) is 1.82. The molecule has 1 unspecified atom stereocenters. The van der Waals surface area contributed by atoms with Crippen molar-refractivity contribution in [1.82, 2.24) is 10.6 Å². The van der Waals surface area contributed by atoms with E-state index in [4.69, 9.17) is 0 Å². The van der Waals surface area contributed by atoms with E-state index in [0.717, 1.165) is 25.9 Å². The Kier molecular flexibility index (Phi) is 4.64. The first kappa shape index (κ1) is 11.9. The highest BCUT2D eigenvalue weighted by atomic mass is 16.1. The van der Waals surface area contributed by atoms with Gasteiger partial charge in [0.25, 0.3) is 0 Å². The van der Waals surface area contributed by atoms with E-state index in [9.17, 15) is 4.79 Å². The van der Waals surface area contributed by atoms with Gasteiger partial charge in [-0.15, -0.1) is 0 Å². The second-order valence-corrected chi connectivity index (χ2v) is 5.32. The Hall–Kier alpha value is -0.570. The van der Waals surface area contributed by atoms with Crippen molar-refractivity contribution in [2.45, 2.75) is 57.4 Å². The first-order valence-corrected chi connectivity index (χ1v) is 6.84. The van der Waals surface area contributed by atoms with Crippen LogP contribution in [0.15, 0.2) is 0 Å². The Morgan fingerprint density at radius 1 is 1.12 bits per heavy atom. The average Bonchev–Trinajstić information content (AvgIpc) is 2.62. The molecule has 2 aliphatic rings. The molecule has 3 nitrogen and oxygen atoms in total. The maximum absolute atomic E-state index is 11.8. The zero-order valence-corrected chi connectivity index (χ0v) is 10.1. The van der Waals surface area contributed by atoms with Gasteiger partial charge >= 0.3 is 0 Å². The van der Waals surface area contributed by atoms with Crippen LogP contribution in [0.5, 0.6) is 0 Å². The van der Waals surface area contributed by atoms with Gasteiger partial charge in [-0.1, -0.05) is 25.7 Å². The Balaban J connectivity index is 1.68. The summed E-state index contributed by atoms with van der Waals surface area (Å²) >= 11 is 0. The molecule has 0 aromatic rings. The van der Waals surface area contributed by atoms with Crippen molar-refractivity contribution in [3.8, 4) is 0 Å². The lowest BCUT2D eigenvalue weighted by molar-refractivity contribution is -0.122. The number of hydrogen-bond donors (Lipinski definition) is 2. The zero-order valence-electron chi connectivity index (χ0n) is 10.1. The van der Waals surface area contributed by atoms with Gasteiger partial charge in [-0.25, -0.2) is 0 Å². The lowest BCUT2D eigenvalue weighted by atomic mass is 9.96. The summed E-state index contributed by atoms with van der Waals surface area (Å²) in [6.45, 7) is 2.00. The van der Waals surface area contributed by atoms with Gasteiger partial charge in [-0.2, -0.15) is 0 Å². The van der Waals surface area contributed by atoms with Crippen LogP contribution in [0.4, 0.5) is 0 Å². The van der Waals surface area contributed by atoms with Crippen LogP contribution in [0.1, 0.15) is 51.4 Å². The minimum absolute atomic E-state index is 0.278. The highest BCUT2D eigenvalue weighted by molar-refractivity contribution is 5.76. The molecule has 1 heterocycles. The number of hydrogen-bond acceptors (Lipinski definition) is 2. The molecule has 0 radical (unpaired) electrons. The Labute approximate surface area is 98.4 Å². The molecule has 1 aliphatic carbocycles. The minimum Gasteiger partial charge on any atom is -0.352 e. The maximum atomic E-state index is 11.8. The molecule has 1 saturated carbocycles. The third-order valence-corrected chi connectivity index (χ3v) is 3.87. The molecule has 2 fully saturated rings. The molecule has 1 aliphatic heterocycles. The summed E-state index contributed by atoms with van der Waals surface area (Å²) < 4.78 is 0. The smallest absolute Gasteiger partial charge is 0.220 e. The molecule has 0 aromatic heterocycles. The average molecular weight is 224 g/mol. The largest absolute Gasteiger partial charge is 0.352 e. The fourth-order valence-electron chi connectivity index (χ4n) is 2.89. The van der Waals surface area contributed by atoms with Gasteiger partial charge in [0.15, 0.2) is 0 Å². The summed E-state index contributed by atoms with van der Waals surface area (Å²) in [5.74, 6) is 0.928. The standard InChI is InChI=1S/C13H24N2O/c16-13(15-12-7-8-14-10-12)9-11-5-3-1-2-4-6-11/h11-12,14H,1-10H2,(H,15,16). The van der Waals surface area contributed by atoms with Gasteiger partial charge in [0.1, 0.15) is 0 Å². The van der Waals surface area contributed by atoms with Gasteiger partial charge in [-0.3, -0.25) is 4.79 Å². The van der Waals surface area contributed by atoms with Crippen LogP contribution in [-0.2, 0) is 4.79 Å². The van der Waals surface area contributed by atoms with Crippen LogP contribution in [0, 0.1) is 5.92 Å². The summed E-state index contributed by atoms with van der Waals surface area (Å²) in [5.41, 5.74) is 0. The fourth-order valence-corrected chi connectivity index (χ4v) is 2.89. The summed E-state index contributed by atoms with van der Waals surface area (Å²) in [6, 6.07) is 0.387. The SMILES string of the molecule is O=C(CC1CCCCCC1)NC1CCNC1. The van der Waals surface area contributed by atoms with Crippen molar-refractivity contribution in [1.29, 1.82) is 0 Å². The number of carbonyl (C=O) groups is 1. The van der Waals surface area contributed by atoms with Crippen molar-refractivity contribution in [2.24, 2.45) is 5.92 Å². The van der Waals surface area contributed by atoms with E-state index >= 15 is 0 Å². The van der Waals surface area contributed by atoms with Crippen molar-refractivity contribution in [2.75, 3.05) is 13.1 Å². The molecule has 2 N–H and O–H groups in total. The highest BCUT2D eigenvalue weighted by Gasteiger charge is 2.20. The monoisotopic (exact) mass is 224 g/mol. The molecule has 1 amide bonds. The summed E-state index contributed by atoms with van der Waals surface area (Å²) in [7, 11) is 0. The van der Waals surface area contributed by atoms with Crippen LogP contribution < -0.4 is 10.6 Å².